The Kier molecular flexibility index (Phi) is 6.25. The van der Waals surface area contributed by atoms with E-state index in [1.54, 1.807) is 12.4 Å². The number of rotatable bonds is 8. The Bertz CT molecular complexity index is 728. The summed E-state index contributed by atoms with van der Waals surface area (Å²) in [6, 6.07) is 0. The Balaban J connectivity index is 1.80. The standard InChI is InChI=1S/C18H28N6O3/c1-17(2,3)15(25)9-23-7-13(19-21-23)11-27-12-14-8-24(22-20-14)10-16(26)18(4,5)6/h7-8H,9-12H2,1-6H3. The summed E-state index contributed by atoms with van der Waals surface area (Å²) in [5, 5.41) is 15.9. The van der Waals surface area contributed by atoms with Gasteiger partial charge in [-0.15, -0.1) is 10.2 Å². The van der Waals surface area contributed by atoms with E-state index in [4.69, 9.17) is 4.74 Å². The molecule has 0 aliphatic rings. The maximum atomic E-state index is 12.0. The molecule has 27 heavy (non-hydrogen) atoms. The molecule has 0 bridgehead atoms. The van der Waals surface area contributed by atoms with Crippen LogP contribution in [0.15, 0.2) is 12.4 Å². The molecule has 2 aromatic heterocycles. The van der Waals surface area contributed by atoms with Crippen LogP contribution in [-0.4, -0.2) is 41.6 Å². The molecule has 0 spiro atoms. The Hall–Kier alpha value is -2.42. The van der Waals surface area contributed by atoms with Crippen LogP contribution in [0, 0.1) is 10.8 Å². The van der Waals surface area contributed by atoms with Crippen molar-refractivity contribution in [3.63, 3.8) is 0 Å². The number of ether oxygens (including phenoxy) is 1. The predicted molar refractivity (Wildman–Crippen MR) is 97.5 cm³/mol. The lowest BCUT2D eigenvalue weighted by atomic mass is 9.91. The molecule has 0 amide bonds. The molecule has 0 N–H and O–H groups in total. The molecule has 0 saturated carbocycles. The van der Waals surface area contributed by atoms with Gasteiger partial charge in [-0.25, -0.2) is 9.36 Å². The van der Waals surface area contributed by atoms with E-state index in [0.717, 1.165) is 0 Å². The number of nitrogens with zero attached hydrogens (tertiary/aromatic N) is 6. The van der Waals surface area contributed by atoms with Crippen molar-refractivity contribution in [1.82, 2.24) is 30.0 Å². The van der Waals surface area contributed by atoms with E-state index in [1.807, 2.05) is 41.5 Å². The molecule has 0 fully saturated rings. The van der Waals surface area contributed by atoms with Gasteiger partial charge < -0.3 is 4.74 Å². The molecular formula is C18H28N6O3. The third kappa shape index (κ3) is 6.35. The van der Waals surface area contributed by atoms with Gasteiger partial charge in [-0.2, -0.15) is 0 Å². The quantitative estimate of drug-likeness (QED) is 0.692. The van der Waals surface area contributed by atoms with Crippen molar-refractivity contribution >= 4 is 11.6 Å². The minimum Gasteiger partial charge on any atom is -0.369 e. The summed E-state index contributed by atoms with van der Waals surface area (Å²) < 4.78 is 8.60. The highest BCUT2D eigenvalue weighted by molar-refractivity contribution is 5.83. The van der Waals surface area contributed by atoms with Gasteiger partial charge in [0.15, 0.2) is 11.6 Å². The zero-order valence-corrected chi connectivity index (χ0v) is 16.9. The summed E-state index contributed by atoms with van der Waals surface area (Å²) in [6.07, 6.45) is 3.39. The fraction of sp³-hybridized carbons (Fsp3) is 0.667. The molecule has 2 heterocycles. The molecule has 0 unspecified atom stereocenters. The van der Waals surface area contributed by atoms with Gasteiger partial charge in [-0.05, 0) is 0 Å². The highest BCUT2D eigenvalue weighted by Crippen LogP contribution is 2.16. The summed E-state index contributed by atoms with van der Waals surface area (Å²) in [6.45, 7) is 12.1. The van der Waals surface area contributed by atoms with Crippen LogP contribution in [-0.2, 0) is 40.6 Å². The van der Waals surface area contributed by atoms with Crippen molar-refractivity contribution < 1.29 is 14.3 Å². The fourth-order valence-electron chi connectivity index (χ4n) is 1.99. The number of hydrogen-bond acceptors (Lipinski definition) is 7. The number of ketones is 2. The Morgan fingerprint density at radius 1 is 0.815 bits per heavy atom. The molecular weight excluding hydrogens is 348 g/mol. The fourth-order valence-corrected chi connectivity index (χ4v) is 1.99. The van der Waals surface area contributed by atoms with Gasteiger partial charge in [0, 0.05) is 10.8 Å². The normalized spacial score (nSPS) is 12.4. The van der Waals surface area contributed by atoms with Crippen molar-refractivity contribution in [3.05, 3.63) is 23.8 Å². The molecule has 9 heteroatoms. The van der Waals surface area contributed by atoms with Gasteiger partial charge in [0.2, 0.25) is 0 Å². The molecule has 2 rings (SSSR count). The minimum atomic E-state index is -0.414. The molecule has 9 nitrogen and oxygen atoms in total. The number of carbonyl (C=O) groups excluding carboxylic acids is 2. The second-order valence-electron chi connectivity index (χ2n) is 8.65. The van der Waals surface area contributed by atoms with E-state index in [9.17, 15) is 9.59 Å². The van der Waals surface area contributed by atoms with Gasteiger partial charge in [0.1, 0.15) is 24.5 Å². The van der Waals surface area contributed by atoms with Crippen LogP contribution in [0.5, 0.6) is 0 Å². The smallest absolute Gasteiger partial charge is 0.159 e. The maximum absolute atomic E-state index is 12.0. The van der Waals surface area contributed by atoms with Gasteiger partial charge in [-0.1, -0.05) is 52.0 Å². The van der Waals surface area contributed by atoms with Crippen LogP contribution in [0.25, 0.3) is 0 Å². The first-order valence-electron chi connectivity index (χ1n) is 8.87. The van der Waals surface area contributed by atoms with Crippen molar-refractivity contribution in [1.29, 1.82) is 0 Å². The molecule has 0 aromatic carbocycles. The largest absolute Gasteiger partial charge is 0.369 e. The average molecular weight is 376 g/mol. The van der Waals surface area contributed by atoms with E-state index in [-0.39, 0.29) is 37.9 Å². The van der Waals surface area contributed by atoms with Crippen molar-refractivity contribution in [2.24, 2.45) is 10.8 Å². The predicted octanol–water partition coefficient (Wildman–Crippen LogP) is 1.82. The van der Waals surface area contributed by atoms with Crippen molar-refractivity contribution in [2.45, 2.75) is 67.8 Å². The summed E-state index contributed by atoms with van der Waals surface area (Å²) in [5.41, 5.74) is 0.435. The van der Waals surface area contributed by atoms with Crippen LogP contribution < -0.4 is 0 Å². The van der Waals surface area contributed by atoms with Crippen LogP contribution >= 0.6 is 0 Å². The lowest BCUT2D eigenvalue weighted by Gasteiger charge is -2.15. The first-order valence-corrected chi connectivity index (χ1v) is 8.87. The van der Waals surface area contributed by atoms with E-state index in [1.165, 1.54) is 9.36 Å². The highest BCUT2D eigenvalue weighted by Gasteiger charge is 2.22. The molecule has 0 aliphatic carbocycles. The zero-order chi connectivity index (χ0) is 20.2. The van der Waals surface area contributed by atoms with Gasteiger partial charge >= 0.3 is 0 Å². The molecule has 0 radical (unpaired) electrons. The van der Waals surface area contributed by atoms with Gasteiger partial charge in [0.25, 0.3) is 0 Å². The van der Waals surface area contributed by atoms with Gasteiger partial charge in [0.05, 0.1) is 25.6 Å². The van der Waals surface area contributed by atoms with Gasteiger partial charge in [-0.3, -0.25) is 9.59 Å². The van der Waals surface area contributed by atoms with Crippen LogP contribution in [0.2, 0.25) is 0 Å². The molecule has 0 atom stereocenters. The molecule has 0 saturated heterocycles. The monoisotopic (exact) mass is 376 g/mol. The van der Waals surface area contributed by atoms with Crippen LogP contribution in [0.1, 0.15) is 52.9 Å². The number of aromatic nitrogens is 6. The topological polar surface area (TPSA) is 105 Å². The molecule has 0 aliphatic heterocycles. The summed E-state index contributed by atoms with van der Waals surface area (Å²) in [5.74, 6) is 0.169. The SMILES string of the molecule is CC(C)(C)C(=O)Cn1cc(COCc2cn(CC(=O)C(C)(C)C)nn2)nn1. The van der Waals surface area contributed by atoms with E-state index in [2.05, 4.69) is 20.6 Å². The van der Waals surface area contributed by atoms with Crippen LogP contribution in [0.4, 0.5) is 0 Å². The summed E-state index contributed by atoms with van der Waals surface area (Å²) >= 11 is 0. The zero-order valence-electron chi connectivity index (χ0n) is 16.9. The third-order valence-electron chi connectivity index (χ3n) is 3.96. The number of hydrogen-bond donors (Lipinski definition) is 0. The number of carbonyl (C=O) groups is 2. The minimum absolute atomic E-state index is 0.0845. The second kappa shape index (κ2) is 8.08. The second-order valence-corrected chi connectivity index (χ2v) is 8.65. The first-order chi connectivity index (χ1) is 12.4. The Morgan fingerprint density at radius 3 is 1.52 bits per heavy atom. The van der Waals surface area contributed by atoms with Crippen molar-refractivity contribution in [3.8, 4) is 0 Å². The third-order valence-corrected chi connectivity index (χ3v) is 3.96. The maximum Gasteiger partial charge on any atom is 0.159 e. The first kappa shape index (κ1) is 20.9. The molecule has 148 valence electrons. The van der Waals surface area contributed by atoms with E-state index in [0.29, 0.717) is 11.4 Å². The lowest BCUT2D eigenvalue weighted by molar-refractivity contribution is -0.127. The Morgan fingerprint density at radius 2 is 1.19 bits per heavy atom. The lowest BCUT2D eigenvalue weighted by Crippen LogP contribution is -2.25. The summed E-state index contributed by atoms with van der Waals surface area (Å²) in [7, 11) is 0. The summed E-state index contributed by atoms with van der Waals surface area (Å²) in [4.78, 5) is 24.0. The highest BCUT2D eigenvalue weighted by atomic mass is 16.5. The molecule has 2 aromatic rings. The van der Waals surface area contributed by atoms with E-state index < -0.39 is 10.8 Å². The average Bonchev–Trinajstić information content (AvgIpc) is 3.15. The Labute approximate surface area is 159 Å². The van der Waals surface area contributed by atoms with Crippen molar-refractivity contribution in [2.75, 3.05) is 0 Å². The van der Waals surface area contributed by atoms with E-state index >= 15 is 0 Å². The van der Waals surface area contributed by atoms with Crippen LogP contribution in [0.3, 0.4) is 0 Å². The number of Topliss-reactive ketones (excluding diaryl/α,β-unsaturated/α-hetero) is 2.